The lowest BCUT2D eigenvalue weighted by Gasteiger charge is -2.17. The number of thiazole rings is 1. The van der Waals surface area contributed by atoms with Crippen LogP contribution in [0.2, 0.25) is 4.47 Å². The number of nitrogens with zero attached hydrogens (tertiary/aromatic N) is 3. The highest BCUT2D eigenvalue weighted by Gasteiger charge is 2.38. The summed E-state index contributed by atoms with van der Waals surface area (Å²) in [5.74, 6) is 0.450. The molecule has 4 rings (SSSR count). The summed E-state index contributed by atoms with van der Waals surface area (Å²) < 4.78 is 3.85. The van der Waals surface area contributed by atoms with Gasteiger partial charge in [0.1, 0.15) is 5.56 Å². The fourth-order valence-electron chi connectivity index (χ4n) is 3.06. The Balaban J connectivity index is 1.99. The van der Waals surface area contributed by atoms with E-state index in [0.29, 0.717) is 27.5 Å². The molecule has 1 aliphatic heterocycles. The Labute approximate surface area is 157 Å². The number of halogens is 1. The first kappa shape index (κ1) is 16.6. The lowest BCUT2D eigenvalue weighted by atomic mass is 10.1. The Hall–Kier alpha value is -1.83. The van der Waals surface area contributed by atoms with Gasteiger partial charge >= 0.3 is 10.7 Å². The zero-order chi connectivity index (χ0) is 17.6. The highest BCUT2D eigenvalue weighted by molar-refractivity contribution is 7.99. The molecule has 0 unspecified atom stereocenters. The van der Waals surface area contributed by atoms with Gasteiger partial charge < -0.3 is 5.11 Å². The molecule has 0 amide bonds. The van der Waals surface area contributed by atoms with Gasteiger partial charge in [0.05, 0.1) is 23.1 Å². The maximum Gasteiger partial charge on any atom is 0.345 e. The minimum atomic E-state index is -0.254. The van der Waals surface area contributed by atoms with Crippen molar-refractivity contribution in [2.45, 2.75) is 24.7 Å². The van der Waals surface area contributed by atoms with E-state index in [1.165, 1.54) is 23.1 Å². The van der Waals surface area contributed by atoms with Gasteiger partial charge in [0.25, 0.3) is 0 Å². The third-order valence-corrected chi connectivity index (χ3v) is 6.59. The second kappa shape index (κ2) is 6.48. The van der Waals surface area contributed by atoms with E-state index in [1.807, 2.05) is 25.1 Å². The van der Waals surface area contributed by atoms with Crippen molar-refractivity contribution in [3.05, 3.63) is 56.2 Å². The highest BCUT2D eigenvalue weighted by Crippen LogP contribution is 2.38. The van der Waals surface area contributed by atoms with Crippen molar-refractivity contribution in [1.82, 2.24) is 9.55 Å². The summed E-state index contributed by atoms with van der Waals surface area (Å²) in [5.41, 5.74) is 0.609. The quantitative estimate of drug-likeness (QED) is 0.508. The average molecular weight is 392 g/mol. The topological polar surface area (TPSA) is 61.8 Å². The number of benzene rings is 1. The van der Waals surface area contributed by atoms with Crippen molar-refractivity contribution in [2.75, 3.05) is 5.75 Å². The first-order valence-corrected chi connectivity index (χ1v) is 9.98. The number of fused-ring (bicyclic) bond motifs is 1. The molecule has 0 bridgehead atoms. The van der Waals surface area contributed by atoms with Gasteiger partial charge in [-0.1, -0.05) is 41.9 Å². The lowest BCUT2D eigenvalue weighted by Crippen LogP contribution is -2.45. The van der Waals surface area contributed by atoms with Crippen LogP contribution >= 0.6 is 34.7 Å². The molecule has 0 radical (unpaired) electrons. The molecule has 3 aromatic rings. The zero-order valence-electron chi connectivity index (χ0n) is 13.3. The molecule has 5 nitrogen and oxygen atoms in total. The number of aromatic nitrogens is 3. The predicted octanol–water partition coefficient (Wildman–Crippen LogP) is 2.70. The second-order valence-electron chi connectivity index (χ2n) is 5.59. The molecule has 1 aliphatic rings. The molecule has 128 valence electrons. The molecule has 0 spiro atoms. The van der Waals surface area contributed by atoms with E-state index in [0.717, 1.165) is 4.88 Å². The summed E-state index contributed by atoms with van der Waals surface area (Å²) in [6, 6.07) is 8.97. The van der Waals surface area contributed by atoms with Crippen LogP contribution in [0.1, 0.15) is 17.8 Å². The molecule has 3 heterocycles. The van der Waals surface area contributed by atoms with Crippen LogP contribution < -0.4 is 15.2 Å². The Kier molecular flexibility index (Phi) is 4.31. The third-order valence-electron chi connectivity index (χ3n) is 4.21. The van der Waals surface area contributed by atoms with E-state index in [2.05, 4.69) is 4.98 Å². The number of hydrogen-bond donors (Lipinski definition) is 0. The Morgan fingerprint density at radius 3 is 2.80 bits per heavy atom. The Morgan fingerprint density at radius 1 is 1.40 bits per heavy atom. The normalized spacial score (nSPS) is 16.2. The fourth-order valence-corrected chi connectivity index (χ4v) is 5.56. The molecule has 25 heavy (non-hydrogen) atoms. The molecule has 8 heteroatoms. The third kappa shape index (κ3) is 2.67. The molecule has 0 saturated carbocycles. The van der Waals surface area contributed by atoms with Crippen LogP contribution in [0, 0.1) is 0 Å². The minimum absolute atomic E-state index is 0.154. The smallest absolute Gasteiger partial charge is 0.345 e. The molecule has 0 aliphatic carbocycles. The molecule has 1 aromatic carbocycles. The van der Waals surface area contributed by atoms with Crippen molar-refractivity contribution in [2.24, 2.45) is 0 Å². The summed E-state index contributed by atoms with van der Waals surface area (Å²) >= 11 is 8.87. The standard InChI is InChI=1S/C17H14ClN3O2S2/c1-2-20-14(22)13(10-6-4-3-5-7-10)15(23)21-11(9-24-17(20)21)12-8-19-16(18)25-12/h3-8,11H,2,9H2,1H3/t11-/m0/s1. The fraction of sp³-hybridized carbons (Fsp3) is 0.235. The Bertz CT molecular complexity index is 1000. The van der Waals surface area contributed by atoms with Gasteiger partial charge in [-0.25, -0.2) is 14.3 Å². The van der Waals surface area contributed by atoms with Crippen LogP contribution in [0.5, 0.6) is 5.88 Å². The first-order valence-electron chi connectivity index (χ1n) is 7.80. The second-order valence-corrected chi connectivity index (χ2v) is 8.22. The minimum Gasteiger partial charge on any atom is -0.842 e. The monoisotopic (exact) mass is 391 g/mol. The molecule has 0 fully saturated rings. The van der Waals surface area contributed by atoms with E-state index in [9.17, 15) is 9.90 Å². The molecular formula is C17H14ClN3O2S2. The maximum absolute atomic E-state index is 13.2. The summed E-state index contributed by atoms with van der Waals surface area (Å²) in [7, 11) is 0. The van der Waals surface area contributed by atoms with Gasteiger partial charge in [0.15, 0.2) is 10.5 Å². The van der Waals surface area contributed by atoms with Crippen LogP contribution in [0.4, 0.5) is 0 Å². The van der Waals surface area contributed by atoms with Crippen molar-refractivity contribution < 1.29 is 9.67 Å². The van der Waals surface area contributed by atoms with E-state index in [4.69, 9.17) is 11.6 Å². The first-order chi connectivity index (χ1) is 12.1. The van der Waals surface area contributed by atoms with Crippen molar-refractivity contribution in [3.8, 4) is 17.0 Å². The summed E-state index contributed by atoms with van der Waals surface area (Å²) in [5, 5.41) is 13.6. The van der Waals surface area contributed by atoms with Gasteiger partial charge in [-0.2, -0.15) is 4.57 Å². The SMILES string of the molecule is CC[n+]1c([O-])c(-c2ccccc2)c(=O)n2c1SC[C@H]2c1cnc(Cl)s1. The van der Waals surface area contributed by atoms with E-state index in [1.54, 1.807) is 27.5 Å². The largest absolute Gasteiger partial charge is 0.842 e. The zero-order valence-corrected chi connectivity index (χ0v) is 15.7. The summed E-state index contributed by atoms with van der Waals surface area (Å²) in [4.78, 5) is 18.3. The van der Waals surface area contributed by atoms with E-state index < -0.39 is 0 Å². The highest BCUT2D eigenvalue weighted by atomic mass is 35.5. The molecule has 0 N–H and O–H groups in total. The van der Waals surface area contributed by atoms with Crippen LogP contribution in [-0.2, 0) is 6.54 Å². The van der Waals surface area contributed by atoms with Crippen molar-refractivity contribution in [1.29, 1.82) is 0 Å². The molecule has 0 saturated heterocycles. The van der Waals surface area contributed by atoms with Crippen LogP contribution in [0.25, 0.3) is 11.1 Å². The van der Waals surface area contributed by atoms with E-state index in [-0.39, 0.29) is 23.0 Å². The average Bonchev–Trinajstić information content (AvgIpc) is 3.23. The van der Waals surface area contributed by atoms with Gasteiger partial charge in [0, 0.05) is 6.20 Å². The Morgan fingerprint density at radius 2 is 2.16 bits per heavy atom. The van der Waals surface area contributed by atoms with Gasteiger partial charge in [-0.3, -0.25) is 0 Å². The van der Waals surface area contributed by atoms with Crippen LogP contribution in [-0.4, -0.2) is 15.3 Å². The maximum atomic E-state index is 13.2. The molecule has 1 atom stereocenters. The van der Waals surface area contributed by atoms with E-state index >= 15 is 0 Å². The summed E-state index contributed by atoms with van der Waals surface area (Å²) in [6.45, 7) is 2.43. The van der Waals surface area contributed by atoms with Crippen molar-refractivity contribution in [3.63, 3.8) is 0 Å². The lowest BCUT2D eigenvalue weighted by molar-refractivity contribution is -0.768. The van der Waals surface area contributed by atoms with Crippen LogP contribution in [0.15, 0.2) is 46.5 Å². The van der Waals surface area contributed by atoms with Gasteiger partial charge in [0.2, 0.25) is 0 Å². The predicted molar refractivity (Wildman–Crippen MR) is 97.4 cm³/mol. The number of rotatable bonds is 3. The van der Waals surface area contributed by atoms with Crippen LogP contribution in [0.3, 0.4) is 0 Å². The van der Waals surface area contributed by atoms with Gasteiger partial charge in [-0.15, -0.1) is 11.3 Å². The number of hydrogen-bond acceptors (Lipinski definition) is 5. The molecule has 2 aromatic heterocycles. The number of thioether (sulfide) groups is 1. The van der Waals surface area contributed by atoms with Gasteiger partial charge in [-0.05, 0) is 24.2 Å². The molecular weight excluding hydrogens is 378 g/mol. The van der Waals surface area contributed by atoms with Crippen molar-refractivity contribution >= 4 is 34.7 Å². The summed E-state index contributed by atoms with van der Waals surface area (Å²) in [6.07, 6.45) is 1.71.